The highest BCUT2D eigenvalue weighted by Gasteiger charge is 2.15. The Morgan fingerprint density at radius 1 is 0.833 bits per heavy atom. The van der Waals surface area contributed by atoms with Crippen LogP contribution < -0.4 is 9.47 Å². The number of aromatic nitrogens is 3. The third-order valence-corrected chi connectivity index (χ3v) is 4.60. The average Bonchev–Trinajstić information content (AvgIpc) is 3.22. The summed E-state index contributed by atoms with van der Waals surface area (Å²) >= 11 is 0. The standard InChI is InChI=1S/C24H21N3O3/c1-29-21-14-12-17(16-22(21)30-2)13-15-23-25-24(19-10-6-7-11-20(19)28)27(26-23)18-8-4-3-5-9-18/h3-16,28H,1-2H3. The van der Waals surface area contributed by atoms with Crippen molar-refractivity contribution in [3.05, 3.63) is 84.2 Å². The zero-order valence-corrected chi connectivity index (χ0v) is 16.7. The number of benzene rings is 3. The first kappa shape index (κ1) is 19.3. The van der Waals surface area contributed by atoms with Gasteiger partial charge >= 0.3 is 0 Å². The Morgan fingerprint density at radius 3 is 2.30 bits per heavy atom. The van der Waals surface area contributed by atoms with Crippen LogP contribution in [0.4, 0.5) is 0 Å². The summed E-state index contributed by atoms with van der Waals surface area (Å²) in [5.41, 5.74) is 2.39. The van der Waals surface area contributed by atoms with Gasteiger partial charge in [-0.1, -0.05) is 42.5 Å². The van der Waals surface area contributed by atoms with Gasteiger partial charge in [-0.3, -0.25) is 0 Å². The van der Waals surface area contributed by atoms with Crippen LogP contribution >= 0.6 is 0 Å². The Kier molecular flexibility index (Phi) is 5.48. The Hall–Kier alpha value is -4.06. The second kappa shape index (κ2) is 8.53. The summed E-state index contributed by atoms with van der Waals surface area (Å²) < 4.78 is 12.4. The summed E-state index contributed by atoms with van der Waals surface area (Å²) in [5, 5.41) is 15.0. The number of rotatable bonds is 6. The molecule has 1 N–H and O–H groups in total. The maximum Gasteiger partial charge on any atom is 0.175 e. The second-order valence-corrected chi connectivity index (χ2v) is 6.51. The Balaban J connectivity index is 1.75. The minimum Gasteiger partial charge on any atom is -0.507 e. The fourth-order valence-electron chi connectivity index (χ4n) is 3.11. The first-order valence-electron chi connectivity index (χ1n) is 9.40. The SMILES string of the molecule is COc1ccc(C=Cc2nc(-c3ccccc3O)n(-c3ccccc3)n2)cc1OC. The van der Waals surface area contributed by atoms with Crippen molar-refractivity contribution in [3.63, 3.8) is 0 Å². The van der Waals surface area contributed by atoms with Crippen molar-refractivity contribution in [2.45, 2.75) is 0 Å². The molecule has 0 aliphatic heterocycles. The smallest absolute Gasteiger partial charge is 0.175 e. The minimum atomic E-state index is 0.150. The number of ether oxygens (including phenoxy) is 2. The molecule has 0 radical (unpaired) electrons. The molecule has 0 atom stereocenters. The van der Waals surface area contributed by atoms with Crippen LogP contribution in [0.3, 0.4) is 0 Å². The van der Waals surface area contributed by atoms with Gasteiger partial charge < -0.3 is 14.6 Å². The Bertz CT molecular complexity index is 1180. The lowest BCUT2D eigenvalue weighted by atomic mass is 10.2. The van der Waals surface area contributed by atoms with Crippen molar-refractivity contribution in [2.75, 3.05) is 14.2 Å². The van der Waals surface area contributed by atoms with Gasteiger partial charge in [0, 0.05) is 0 Å². The third kappa shape index (κ3) is 3.89. The van der Waals surface area contributed by atoms with Crippen molar-refractivity contribution in [1.29, 1.82) is 0 Å². The summed E-state index contributed by atoms with van der Waals surface area (Å²) in [6.07, 6.45) is 3.73. The number of phenolic OH excluding ortho intramolecular Hbond substituents is 1. The van der Waals surface area contributed by atoms with E-state index in [2.05, 4.69) is 10.1 Å². The van der Waals surface area contributed by atoms with E-state index in [4.69, 9.17) is 9.47 Å². The first-order chi connectivity index (χ1) is 14.7. The molecular formula is C24H21N3O3. The van der Waals surface area contributed by atoms with Gasteiger partial charge in [0.2, 0.25) is 0 Å². The van der Waals surface area contributed by atoms with Crippen LogP contribution in [-0.4, -0.2) is 34.1 Å². The van der Waals surface area contributed by atoms with E-state index in [1.807, 2.05) is 72.8 Å². The van der Waals surface area contributed by atoms with Gasteiger partial charge in [-0.05, 0) is 48.0 Å². The highest BCUT2D eigenvalue weighted by atomic mass is 16.5. The normalized spacial score (nSPS) is 11.0. The number of nitrogens with zero attached hydrogens (tertiary/aromatic N) is 3. The molecule has 6 heteroatoms. The number of phenols is 1. The first-order valence-corrected chi connectivity index (χ1v) is 9.40. The average molecular weight is 399 g/mol. The molecule has 4 aromatic rings. The highest BCUT2D eigenvalue weighted by molar-refractivity contribution is 5.71. The van der Waals surface area contributed by atoms with Gasteiger partial charge in [0.1, 0.15) is 5.75 Å². The molecule has 0 fully saturated rings. The molecule has 1 heterocycles. The molecule has 4 rings (SSSR count). The van der Waals surface area contributed by atoms with E-state index in [0.29, 0.717) is 28.7 Å². The van der Waals surface area contributed by atoms with Crippen molar-refractivity contribution in [1.82, 2.24) is 14.8 Å². The van der Waals surface area contributed by atoms with Crippen LogP contribution in [0.25, 0.3) is 29.2 Å². The number of hydrogen-bond donors (Lipinski definition) is 1. The molecule has 0 bridgehead atoms. The fraction of sp³-hybridized carbons (Fsp3) is 0.0833. The van der Waals surface area contributed by atoms with Gasteiger partial charge in [0.25, 0.3) is 0 Å². The molecule has 6 nitrogen and oxygen atoms in total. The van der Waals surface area contributed by atoms with Crippen LogP contribution in [0.2, 0.25) is 0 Å². The maximum absolute atomic E-state index is 10.3. The topological polar surface area (TPSA) is 69.4 Å². The predicted octanol–water partition coefficient (Wildman–Crippen LogP) is 4.83. The Morgan fingerprint density at radius 2 is 1.57 bits per heavy atom. The molecule has 0 aliphatic carbocycles. The largest absolute Gasteiger partial charge is 0.507 e. The molecule has 0 saturated heterocycles. The van der Waals surface area contributed by atoms with Gasteiger partial charge in [-0.15, -0.1) is 5.10 Å². The third-order valence-electron chi connectivity index (χ3n) is 4.60. The van der Waals surface area contributed by atoms with Gasteiger partial charge in [0.05, 0.1) is 25.5 Å². The molecule has 0 aliphatic rings. The van der Waals surface area contributed by atoms with Crippen LogP contribution in [0.15, 0.2) is 72.8 Å². The van der Waals surface area contributed by atoms with Crippen molar-refractivity contribution in [2.24, 2.45) is 0 Å². The van der Waals surface area contributed by atoms with Gasteiger partial charge in [0.15, 0.2) is 23.1 Å². The molecular weight excluding hydrogens is 378 g/mol. The molecule has 150 valence electrons. The number of hydrogen-bond acceptors (Lipinski definition) is 5. The van der Waals surface area contributed by atoms with Crippen LogP contribution in [-0.2, 0) is 0 Å². The quantitative estimate of drug-likeness (QED) is 0.503. The lowest BCUT2D eigenvalue weighted by molar-refractivity contribution is 0.355. The minimum absolute atomic E-state index is 0.150. The molecule has 0 amide bonds. The van der Waals surface area contributed by atoms with Gasteiger partial charge in [-0.25, -0.2) is 9.67 Å². The van der Waals surface area contributed by atoms with Crippen molar-refractivity contribution in [3.8, 4) is 34.3 Å². The second-order valence-electron chi connectivity index (χ2n) is 6.51. The monoisotopic (exact) mass is 399 g/mol. The lowest BCUT2D eigenvalue weighted by Crippen LogP contribution is -1.99. The van der Waals surface area contributed by atoms with Crippen molar-refractivity contribution < 1.29 is 14.6 Å². The summed E-state index contributed by atoms with van der Waals surface area (Å²) in [6.45, 7) is 0. The zero-order chi connectivity index (χ0) is 20.9. The Labute approximate surface area is 174 Å². The van der Waals surface area contributed by atoms with Crippen LogP contribution in [0, 0.1) is 0 Å². The predicted molar refractivity (Wildman–Crippen MR) is 117 cm³/mol. The van der Waals surface area contributed by atoms with E-state index < -0.39 is 0 Å². The fourth-order valence-corrected chi connectivity index (χ4v) is 3.11. The molecule has 0 spiro atoms. The lowest BCUT2D eigenvalue weighted by Gasteiger charge is -2.07. The molecule has 0 unspecified atom stereocenters. The van der Waals surface area contributed by atoms with Crippen LogP contribution in [0.1, 0.15) is 11.4 Å². The maximum atomic E-state index is 10.3. The summed E-state index contributed by atoms with van der Waals surface area (Å²) in [4.78, 5) is 4.66. The van der Waals surface area contributed by atoms with E-state index in [1.54, 1.807) is 31.0 Å². The van der Waals surface area contributed by atoms with Gasteiger partial charge in [-0.2, -0.15) is 0 Å². The number of methoxy groups -OCH3 is 2. The van der Waals surface area contributed by atoms with E-state index in [1.165, 1.54) is 0 Å². The van der Waals surface area contributed by atoms with Crippen LogP contribution in [0.5, 0.6) is 17.2 Å². The van der Waals surface area contributed by atoms with Crippen molar-refractivity contribution >= 4 is 12.2 Å². The van der Waals surface area contributed by atoms with E-state index in [9.17, 15) is 5.11 Å². The zero-order valence-electron chi connectivity index (χ0n) is 16.7. The van der Waals surface area contributed by atoms with E-state index in [0.717, 1.165) is 11.3 Å². The van der Waals surface area contributed by atoms with E-state index in [-0.39, 0.29) is 5.75 Å². The summed E-state index contributed by atoms with van der Waals surface area (Å²) in [6, 6.07) is 22.5. The number of aromatic hydroxyl groups is 1. The number of para-hydroxylation sites is 2. The van der Waals surface area contributed by atoms with E-state index >= 15 is 0 Å². The molecule has 0 saturated carbocycles. The summed E-state index contributed by atoms with van der Waals surface area (Å²) in [5.74, 6) is 2.55. The molecule has 30 heavy (non-hydrogen) atoms. The highest BCUT2D eigenvalue weighted by Crippen LogP contribution is 2.30. The summed E-state index contributed by atoms with van der Waals surface area (Å²) in [7, 11) is 3.21. The molecule has 3 aromatic carbocycles. The molecule has 1 aromatic heterocycles.